The molecule has 0 amide bonds. The molecule has 0 bridgehead atoms. The van der Waals surface area contributed by atoms with Gasteiger partial charge in [-0.25, -0.2) is 4.99 Å². The summed E-state index contributed by atoms with van der Waals surface area (Å²) in [5, 5.41) is 21.2. The molecule has 1 atom stereocenters. The zero-order valence-electron chi connectivity index (χ0n) is 16.3. The van der Waals surface area contributed by atoms with E-state index in [-0.39, 0.29) is 24.0 Å². The van der Waals surface area contributed by atoms with Crippen molar-refractivity contribution in [2.24, 2.45) is 10.9 Å². The lowest BCUT2D eigenvalue weighted by atomic mass is 9.99. The van der Waals surface area contributed by atoms with Gasteiger partial charge in [0, 0.05) is 13.1 Å². The van der Waals surface area contributed by atoms with Gasteiger partial charge in [-0.2, -0.15) is 11.3 Å². The largest absolute Gasteiger partial charge is 0.383 e. The van der Waals surface area contributed by atoms with E-state index < -0.39 is 5.60 Å². The molecule has 1 fully saturated rings. The Morgan fingerprint density at radius 1 is 1.38 bits per heavy atom. The second kappa shape index (κ2) is 12.2. The van der Waals surface area contributed by atoms with Gasteiger partial charge in [0.25, 0.3) is 0 Å². The number of nitrogens with one attached hydrogen (secondary N) is 2. The Morgan fingerprint density at radius 3 is 2.73 bits per heavy atom. The molecule has 5 nitrogen and oxygen atoms in total. The molecule has 0 radical (unpaired) electrons. The predicted molar refractivity (Wildman–Crippen MR) is 123 cm³/mol. The first-order valence-corrected chi connectivity index (χ1v) is 10.4. The number of nitrogens with zero attached hydrogens (tertiary/aromatic N) is 2. The van der Waals surface area contributed by atoms with E-state index in [2.05, 4.69) is 34.4 Å². The van der Waals surface area contributed by atoms with Crippen molar-refractivity contribution in [3.05, 3.63) is 22.4 Å². The molecule has 2 rings (SSSR count). The van der Waals surface area contributed by atoms with Crippen LogP contribution in [-0.2, 0) is 5.60 Å². The van der Waals surface area contributed by atoms with Crippen molar-refractivity contribution in [2.75, 3.05) is 39.3 Å². The Morgan fingerprint density at radius 2 is 2.12 bits per heavy atom. The number of thiophene rings is 1. The first-order chi connectivity index (χ1) is 12.0. The van der Waals surface area contributed by atoms with Gasteiger partial charge in [0.2, 0.25) is 0 Å². The molecule has 0 aromatic carbocycles. The van der Waals surface area contributed by atoms with Crippen LogP contribution in [0.1, 0.15) is 45.6 Å². The highest BCUT2D eigenvalue weighted by Gasteiger charge is 2.23. The number of likely N-dealkylation sites (tertiary alicyclic amines) is 1. The SMILES string of the molecule is CCNC(=NCC(C)(O)c1ccsc1)NCCCN1CCC(C)CC1.I. The number of aliphatic imine (C=N–C) groups is 1. The number of rotatable bonds is 8. The summed E-state index contributed by atoms with van der Waals surface area (Å²) in [7, 11) is 0. The summed E-state index contributed by atoms with van der Waals surface area (Å²) < 4.78 is 0. The van der Waals surface area contributed by atoms with Crippen molar-refractivity contribution < 1.29 is 5.11 Å². The zero-order chi connectivity index (χ0) is 18.1. The molecule has 0 saturated carbocycles. The minimum absolute atomic E-state index is 0. The second-order valence-electron chi connectivity index (χ2n) is 7.29. The topological polar surface area (TPSA) is 59.9 Å². The summed E-state index contributed by atoms with van der Waals surface area (Å²) in [4.78, 5) is 7.13. The van der Waals surface area contributed by atoms with Crippen molar-refractivity contribution in [2.45, 2.75) is 45.6 Å². The Balaban J connectivity index is 0.00000338. The molecular formula is C19H35IN4OS. The molecule has 1 aliphatic rings. The zero-order valence-corrected chi connectivity index (χ0v) is 19.5. The van der Waals surface area contributed by atoms with Crippen LogP contribution >= 0.6 is 35.3 Å². The molecule has 3 N–H and O–H groups in total. The minimum atomic E-state index is -0.924. The quantitative estimate of drug-likeness (QED) is 0.225. The molecule has 0 aliphatic carbocycles. The van der Waals surface area contributed by atoms with Crippen LogP contribution in [0.4, 0.5) is 0 Å². The van der Waals surface area contributed by atoms with E-state index >= 15 is 0 Å². The van der Waals surface area contributed by atoms with E-state index in [0.717, 1.165) is 43.5 Å². The van der Waals surface area contributed by atoms with Gasteiger partial charge < -0.3 is 20.6 Å². The van der Waals surface area contributed by atoms with E-state index in [1.54, 1.807) is 11.3 Å². The molecular weight excluding hydrogens is 459 g/mol. The van der Waals surface area contributed by atoms with Crippen molar-refractivity contribution >= 4 is 41.3 Å². The van der Waals surface area contributed by atoms with Gasteiger partial charge >= 0.3 is 0 Å². The number of guanidine groups is 1. The smallest absolute Gasteiger partial charge is 0.191 e. The maximum Gasteiger partial charge on any atom is 0.191 e. The summed E-state index contributed by atoms with van der Waals surface area (Å²) in [5.74, 6) is 1.67. The highest BCUT2D eigenvalue weighted by Crippen LogP contribution is 2.23. The average molecular weight is 494 g/mol. The third kappa shape index (κ3) is 8.10. The van der Waals surface area contributed by atoms with Gasteiger partial charge in [0.1, 0.15) is 5.60 Å². The van der Waals surface area contributed by atoms with Gasteiger partial charge in [-0.15, -0.1) is 24.0 Å². The fourth-order valence-corrected chi connectivity index (χ4v) is 3.81. The average Bonchev–Trinajstić information content (AvgIpc) is 3.13. The second-order valence-corrected chi connectivity index (χ2v) is 8.07. The number of hydrogen-bond donors (Lipinski definition) is 3. The van der Waals surface area contributed by atoms with Crippen LogP contribution in [0.3, 0.4) is 0 Å². The lowest BCUT2D eigenvalue weighted by Crippen LogP contribution is -2.40. The van der Waals surface area contributed by atoms with Crippen LogP contribution in [0, 0.1) is 5.92 Å². The monoisotopic (exact) mass is 494 g/mol. The maximum atomic E-state index is 10.6. The van der Waals surface area contributed by atoms with Gasteiger partial charge in [0.05, 0.1) is 6.54 Å². The lowest BCUT2D eigenvalue weighted by Gasteiger charge is -2.30. The van der Waals surface area contributed by atoms with Crippen molar-refractivity contribution in [1.82, 2.24) is 15.5 Å². The Labute approximate surface area is 179 Å². The highest BCUT2D eigenvalue weighted by molar-refractivity contribution is 14.0. The van der Waals surface area contributed by atoms with E-state index in [1.807, 2.05) is 23.8 Å². The van der Waals surface area contributed by atoms with E-state index in [4.69, 9.17) is 0 Å². The molecule has 1 aliphatic heterocycles. The van der Waals surface area contributed by atoms with Gasteiger partial charge in [-0.3, -0.25) is 0 Å². The van der Waals surface area contributed by atoms with Crippen LogP contribution in [-0.4, -0.2) is 55.2 Å². The summed E-state index contributed by atoms with van der Waals surface area (Å²) in [6, 6.07) is 1.96. The number of hydrogen-bond acceptors (Lipinski definition) is 4. The third-order valence-electron chi connectivity index (χ3n) is 4.85. The summed E-state index contributed by atoms with van der Waals surface area (Å²) in [6.45, 7) is 11.9. The van der Waals surface area contributed by atoms with Crippen molar-refractivity contribution in [1.29, 1.82) is 0 Å². The first-order valence-electron chi connectivity index (χ1n) is 9.51. The molecule has 0 spiro atoms. The summed E-state index contributed by atoms with van der Waals surface area (Å²) in [6.07, 6.45) is 3.77. The minimum Gasteiger partial charge on any atom is -0.383 e. The van der Waals surface area contributed by atoms with Gasteiger partial charge in [-0.1, -0.05) is 6.92 Å². The van der Waals surface area contributed by atoms with E-state index in [9.17, 15) is 5.11 Å². The van der Waals surface area contributed by atoms with E-state index in [0.29, 0.717) is 6.54 Å². The molecule has 1 saturated heterocycles. The normalized spacial score (nSPS) is 18.8. The molecule has 1 aromatic rings. The standard InChI is InChI=1S/C19H34N4OS.HI/c1-4-20-18(22-15-19(3,24)17-8-13-25-14-17)21-9-5-10-23-11-6-16(2)7-12-23;/h8,13-14,16,24H,4-7,9-12,15H2,1-3H3,(H2,20,21,22);1H. The van der Waals surface area contributed by atoms with Gasteiger partial charge in [-0.05, 0) is 81.1 Å². The first kappa shape index (κ1) is 23.7. The molecule has 2 heterocycles. The van der Waals surface area contributed by atoms with Gasteiger partial charge in [0.15, 0.2) is 5.96 Å². The molecule has 26 heavy (non-hydrogen) atoms. The van der Waals surface area contributed by atoms with E-state index in [1.165, 1.54) is 25.9 Å². The summed E-state index contributed by atoms with van der Waals surface area (Å²) in [5.41, 5.74) is 0.00348. The highest BCUT2D eigenvalue weighted by atomic mass is 127. The van der Waals surface area contributed by atoms with Crippen LogP contribution in [0.25, 0.3) is 0 Å². The number of aliphatic hydroxyl groups is 1. The maximum absolute atomic E-state index is 10.6. The number of halogens is 1. The molecule has 1 aromatic heterocycles. The fraction of sp³-hybridized carbons (Fsp3) is 0.737. The van der Waals surface area contributed by atoms with Crippen molar-refractivity contribution in [3.8, 4) is 0 Å². The fourth-order valence-electron chi connectivity index (χ4n) is 3.03. The number of piperidine rings is 1. The van der Waals surface area contributed by atoms with Crippen LogP contribution in [0.2, 0.25) is 0 Å². The Kier molecular flexibility index (Phi) is 11.1. The van der Waals surface area contributed by atoms with Crippen LogP contribution < -0.4 is 10.6 Å². The summed E-state index contributed by atoms with van der Waals surface area (Å²) >= 11 is 1.60. The molecule has 7 heteroatoms. The molecule has 1 unspecified atom stereocenters. The van der Waals surface area contributed by atoms with Crippen LogP contribution in [0.15, 0.2) is 21.8 Å². The molecule has 150 valence electrons. The lowest BCUT2D eigenvalue weighted by molar-refractivity contribution is 0.0677. The Bertz CT molecular complexity index is 514. The Hall–Kier alpha value is -0.380. The predicted octanol–water partition coefficient (Wildman–Crippen LogP) is 3.25. The van der Waals surface area contributed by atoms with Crippen molar-refractivity contribution in [3.63, 3.8) is 0 Å². The van der Waals surface area contributed by atoms with Crippen LogP contribution in [0.5, 0.6) is 0 Å². The third-order valence-corrected chi connectivity index (χ3v) is 5.54.